The van der Waals surface area contributed by atoms with Crippen molar-refractivity contribution < 1.29 is 13.9 Å². The largest absolute Gasteiger partial charge is 0.426 e. The van der Waals surface area contributed by atoms with Crippen molar-refractivity contribution in [3.63, 3.8) is 0 Å². The van der Waals surface area contributed by atoms with Gasteiger partial charge in [0.1, 0.15) is 11.6 Å². The second-order valence-corrected chi connectivity index (χ2v) is 5.69. The molecule has 2 aromatic carbocycles. The number of aryl methyl sites for hydroxylation is 2. The van der Waals surface area contributed by atoms with E-state index in [1.54, 1.807) is 12.1 Å². The lowest BCUT2D eigenvalue weighted by Crippen LogP contribution is -2.12. The second kappa shape index (κ2) is 5.32. The Labute approximate surface area is 123 Å². The molecule has 0 saturated heterocycles. The lowest BCUT2D eigenvalue weighted by molar-refractivity contribution is -0.135. The van der Waals surface area contributed by atoms with Crippen molar-refractivity contribution in [2.75, 3.05) is 0 Å². The number of ether oxygens (including phenoxy) is 1. The molecule has 0 aliphatic heterocycles. The van der Waals surface area contributed by atoms with E-state index in [9.17, 15) is 9.18 Å². The third kappa shape index (κ3) is 2.97. The first-order valence-corrected chi connectivity index (χ1v) is 7.09. The fourth-order valence-electron chi connectivity index (χ4n) is 2.63. The number of carbonyl (C=O) groups excluding carboxylic acids is 1. The first kappa shape index (κ1) is 13.8. The Morgan fingerprint density at radius 2 is 1.86 bits per heavy atom. The van der Waals surface area contributed by atoms with Crippen LogP contribution >= 0.6 is 0 Å². The van der Waals surface area contributed by atoms with E-state index in [0.717, 1.165) is 23.1 Å². The highest BCUT2D eigenvalue weighted by Gasteiger charge is 2.45. The minimum atomic E-state index is -0.256. The number of esters is 1. The van der Waals surface area contributed by atoms with Gasteiger partial charge in [-0.2, -0.15) is 0 Å². The number of hydrogen-bond donors (Lipinski definition) is 0. The summed E-state index contributed by atoms with van der Waals surface area (Å²) >= 11 is 0. The molecular formula is C18H17FO2. The third-order valence-corrected chi connectivity index (χ3v) is 3.93. The summed E-state index contributed by atoms with van der Waals surface area (Å²) in [5.74, 6) is 0.209. The molecule has 2 unspecified atom stereocenters. The van der Waals surface area contributed by atoms with Gasteiger partial charge in [-0.25, -0.2) is 4.39 Å². The summed E-state index contributed by atoms with van der Waals surface area (Å²) in [6, 6.07) is 12.1. The Morgan fingerprint density at radius 1 is 1.14 bits per heavy atom. The molecule has 21 heavy (non-hydrogen) atoms. The first-order chi connectivity index (χ1) is 10.0. The summed E-state index contributed by atoms with van der Waals surface area (Å²) in [5, 5.41) is 0. The maximum atomic E-state index is 12.9. The Kier molecular flexibility index (Phi) is 3.50. The molecule has 1 saturated carbocycles. The monoisotopic (exact) mass is 284 g/mol. The Bertz CT molecular complexity index is 676. The zero-order valence-electron chi connectivity index (χ0n) is 12.1. The van der Waals surface area contributed by atoms with Gasteiger partial charge in [0, 0.05) is 0 Å². The zero-order valence-corrected chi connectivity index (χ0v) is 12.1. The van der Waals surface area contributed by atoms with Gasteiger partial charge < -0.3 is 4.74 Å². The van der Waals surface area contributed by atoms with E-state index in [1.807, 2.05) is 32.0 Å². The van der Waals surface area contributed by atoms with Crippen LogP contribution in [0.1, 0.15) is 29.0 Å². The van der Waals surface area contributed by atoms with Gasteiger partial charge in [0.05, 0.1) is 5.92 Å². The van der Waals surface area contributed by atoms with Crippen molar-refractivity contribution in [2.45, 2.75) is 26.2 Å². The van der Waals surface area contributed by atoms with Gasteiger partial charge in [0.15, 0.2) is 0 Å². The molecule has 0 spiro atoms. The summed E-state index contributed by atoms with van der Waals surface area (Å²) < 4.78 is 18.4. The molecule has 0 aromatic heterocycles. The Hall–Kier alpha value is -2.16. The summed E-state index contributed by atoms with van der Waals surface area (Å²) in [7, 11) is 0. The fourth-order valence-corrected chi connectivity index (χ4v) is 2.63. The highest BCUT2D eigenvalue weighted by molar-refractivity contribution is 5.80. The summed E-state index contributed by atoms with van der Waals surface area (Å²) in [6.07, 6.45) is 0.773. The van der Waals surface area contributed by atoms with Gasteiger partial charge in [-0.3, -0.25) is 4.79 Å². The topological polar surface area (TPSA) is 26.3 Å². The van der Waals surface area contributed by atoms with E-state index in [0.29, 0.717) is 5.75 Å². The molecule has 0 heterocycles. The molecule has 2 atom stereocenters. The van der Waals surface area contributed by atoms with Crippen molar-refractivity contribution in [1.29, 1.82) is 0 Å². The van der Waals surface area contributed by atoms with Gasteiger partial charge in [-0.1, -0.05) is 29.8 Å². The van der Waals surface area contributed by atoms with Crippen molar-refractivity contribution >= 4 is 5.97 Å². The molecular weight excluding hydrogens is 267 g/mol. The van der Waals surface area contributed by atoms with Crippen LogP contribution in [-0.4, -0.2) is 5.97 Å². The number of hydrogen-bond acceptors (Lipinski definition) is 2. The van der Waals surface area contributed by atoms with E-state index in [2.05, 4.69) is 0 Å². The van der Waals surface area contributed by atoms with Crippen LogP contribution in [0.25, 0.3) is 0 Å². The van der Waals surface area contributed by atoms with Crippen LogP contribution in [0.5, 0.6) is 5.75 Å². The predicted octanol–water partition coefficient (Wildman–Crippen LogP) is 4.15. The SMILES string of the molecule is Cc1ccc(OC(=O)C2CC2c2ccc(F)cc2)c(C)c1. The maximum Gasteiger partial charge on any atom is 0.314 e. The van der Waals surface area contributed by atoms with Crippen LogP contribution in [-0.2, 0) is 4.79 Å². The smallest absolute Gasteiger partial charge is 0.314 e. The molecule has 3 rings (SSSR count). The first-order valence-electron chi connectivity index (χ1n) is 7.09. The highest BCUT2D eigenvalue weighted by Crippen LogP contribution is 2.48. The number of halogens is 1. The fraction of sp³-hybridized carbons (Fsp3) is 0.278. The molecule has 0 amide bonds. The minimum absolute atomic E-state index is 0.115. The van der Waals surface area contributed by atoms with E-state index < -0.39 is 0 Å². The van der Waals surface area contributed by atoms with Gasteiger partial charge >= 0.3 is 5.97 Å². The molecule has 2 nitrogen and oxygen atoms in total. The highest BCUT2D eigenvalue weighted by atomic mass is 19.1. The molecule has 108 valence electrons. The molecule has 0 bridgehead atoms. The minimum Gasteiger partial charge on any atom is -0.426 e. The zero-order chi connectivity index (χ0) is 15.0. The summed E-state index contributed by atoms with van der Waals surface area (Å²) in [5.41, 5.74) is 3.10. The Morgan fingerprint density at radius 3 is 2.52 bits per heavy atom. The van der Waals surface area contributed by atoms with E-state index >= 15 is 0 Å². The molecule has 0 N–H and O–H groups in total. The predicted molar refractivity (Wildman–Crippen MR) is 78.8 cm³/mol. The number of carbonyl (C=O) groups is 1. The van der Waals surface area contributed by atoms with Crippen molar-refractivity contribution in [1.82, 2.24) is 0 Å². The number of benzene rings is 2. The van der Waals surface area contributed by atoms with E-state index in [1.165, 1.54) is 12.1 Å². The molecule has 1 aliphatic carbocycles. The van der Waals surface area contributed by atoms with E-state index in [4.69, 9.17) is 4.74 Å². The normalized spacial score (nSPS) is 20.1. The molecule has 2 aromatic rings. The average Bonchev–Trinajstić information content (AvgIpc) is 3.23. The maximum absolute atomic E-state index is 12.9. The standard InChI is InChI=1S/C18H17FO2/c1-11-3-8-17(12(2)9-11)21-18(20)16-10-15(16)13-4-6-14(19)7-5-13/h3-9,15-16H,10H2,1-2H3. The van der Waals surface area contributed by atoms with Crippen LogP contribution in [0, 0.1) is 25.6 Å². The lowest BCUT2D eigenvalue weighted by atomic mass is 10.1. The quantitative estimate of drug-likeness (QED) is 0.625. The van der Waals surface area contributed by atoms with Crippen LogP contribution in [0.2, 0.25) is 0 Å². The summed E-state index contributed by atoms with van der Waals surface area (Å²) in [4.78, 5) is 12.2. The average molecular weight is 284 g/mol. The lowest BCUT2D eigenvalue weighted by Gasteiger charge is -2.08. The van der Waals surface area contributed by atoms with Crippen molar-refractivity contribution in [3.05, 3.63) is 65.0 Å². The molecule has 1 fully saturated rings. The van der Waals surface area contributed by atoms with Gasteiger partial charge in [0.25, 0.3) is 0 Å². The van der Waals surface area contributed by atoms with Crippen LogP contribution in [0.3, 0.4) is 0 Å². The van der Waals surface area contributed by atoms with Crippen LogP contribution < -0.4 is 4.74 Å². The molecule has 0 radical (unpaired) electrons. The Balaban J connectivity index is 1.66. The third-order valence-electron chi connectivity index (χ3n) is 3.93. The van der Waals surface area contributed by atoms with Gasteiger partial charge in [0.2, 0.25) is 0 Å². The van der Waals surface area contributed by atoms with E-state index in [-0.39, 0.29) is 23.6 Å². The van der Waals surface area contributed by atoms with Crippen LogP contribution in [0.4, 0.5) is 4.39 Å². The van der Waals surface area contributed by atoms with Gasteiger partial charge in [-0.05, 0) is 55.5 Å². The second-order valence-electron chi connectivity index (χ2n) is 5.69. The number of rotatable bonds is 3. The molecule has 1 aliphatic rings. The van der Waals surface area contributed by atoms with Crippen LogP contribution in [0.15, 0.2) is 42.5 Å². The van der Waals surface area contributed by atoms with Crippen molar-refractivity contribution in [3.8, 4) is 5.75 Å². The summed E-state index contributed by atoms with van der Waals surface area (Å²) in [6.45, 7) is 3.93. The van der Waals surface area contributed by atoms with Gasteiger partial charge in [-0.15, -0.1) is 0 Å². The molecule has 3 heteroatoms. The van der Waals surface area contributed by atoms with Crippen molar-refractivity contribution in [2.24, 2.45) is 5.92 Å².